The molecule has 1 aliphatic rings. The fourth-order valence-corrected chi connectivity index (χ4v) is 1.63. The maximum absolute atomic E-state index is 9.08. The summed E-state index contributed by atoms with van der Waals surface area (Å²) in [5.74, 6) is 0. The first kappa shape index (κ1) is 9.42. The van der Waals surface area contributed by atoms with Crippen LogP contribution in [0.1, 0.15) is 19.8 Å². The van der Waals surface area contributed by atoms with E-state index < -0.39 is 5.60 Å². The van der Waals surface area contributed by atoms with E-state index in [0.29, 0.717) is 0 Å². The second kappa shape index (κ2) is 3.38. The molecule has 4 heteroatoms. The molecule has 2 unspecified atom stereocenters. The maximum atomic E-state index is 9.08. The van der Waals surface area contributed by atoms with Gasteiger partial charge in [0.2, 0.25) is 0 Å². The molecule has 1 N–H and O–H groups in total. The lowest BCUT2D eigenvalue weighted by atomic mass is 9.93. The first-order valence-corrected chi connectivity index (χ1v) is 4.35. The van der Waals surface area contributed by atoms with E-state index in [2.05, 4.69) is 12.6 Å². The van der Waals surface area contributed by atoms with E-state index in [1.54, 1.807) is 0 Å². The number of aliphatic hydroxyl groups excluding tert-OH is 1. The first-order valence-electron chi connectivity index (χ1n) is 3.83. The Hall–Kier alpha value is 0.335. The van der Waals surface area contributed by atoms with Crippen LogP contribution in [0.4, 0.5) is 0 Å². The highest BCUT2D eigenvalue weighted by atomic mass is 32.1. The molecular formula is C7H13BO2S. The summed E-state index contributed by atoms with van der Waals surface area (Å²) in [5, 5.41) is 9.10. The number of aliphatic hydroxyl groups is 1. The van der Waals surface area contributed by atoms with Crippen molar-refractivity contribution in [2.45, 2.75) is 36.6 Å². The second-order valence-corrected chi connectivity index (χ2v) is 3.87. The van der Waals surface area contributed by atoms with Crippen molar-refractivity contribution in [3.05, 3.63) is 0 Å². The van der Waals surface area contributed by atoms with Crippen molar-refractivity contribution in [3.8, 4) is 0 Å². The van der Waals surface area contributed by atoms with Gasteiger partial charge >= 0.3 is 0 Å². The molecule has 11 heavy (non-hydrogen) atoms. The van der Waals surface area contributed by atoms with Crippen LogP contribution in [-0.4, -0.2) is 36.4 Å². The van der Waals surface area contributed by atoms with Gasteiger partial charge in [-0.15, -0.1) is 0 Å². The van der Waals surface area contributed by atoms with Crippen molar-refractivity contribution < 1.29 is 9.84 Å². The summed E-state index contributed by atoms with van der Waals surface area (Å²) in [4.78, 5) is 0. The third kappa shape index (κ3) is 1.74. The number of ether oxygens (including phenoxy) is 1. The van der Waals surface area contributed by atoms with E-state index in [-0.39, 0.29) is 17.9 Å². The van der Waals surface area contributed by atoms with Crippen molar-refractivity contribution in [2.75, 3.05) is 6.61 Å². The highest BCUT2D eigenvalue weighted by Crippen LogP contribution is 2.33. The van der Waals surface area contributed by atoms with Gasteiger partial charge < -0.3 is 9.84 Å². The standard InChI is InChI=1S/C7H13BO2S/c1-5(11)7(4-9)3-2-6(8)10-7/h5-6,9,11H,2-4H2,1H3/t5?,6?,7-/m0/s1. The highest BCUT2D eigenvalue weighted by Gasteiger charge is 2.40. The van der Waals surface area contributed by atoms with Crippen LogP contribution >= 0.6 is 12.6 Å². The van der Waals surface area contributed by atoms with Crippen molar-refractivity contribution in [3.63, 3.8) is 0 Å². The Labute approximate surface area is 74.1 Å². The number of hydrogen-bond donors (Lipinski definition) is 2. The van der Waals surface area contributed by atoms with E-state index in [9.17, 15) is 0 Å². The third-order valence-corrected chi connectivity index (χ3v) is 2.74. The Morgan fingerprint density at radius 1 is 1.91 bits per heavy atom. The predicted molar refractivity (Wildman–Crippen MR) is 48.1 cm³/mol. The Morgan fingerprint density at radius 3 is 2.73 bits per heavy atom. The van der Waals surface area contributed by atoms with Gasteiger partial charge in [0.25, 0.3) is 0 Å². The Bertz CT molecular complexity index is 142. The number of rotatable bonds is 2. The molecule has 2 nitrogen and oxygen atoms in total. The van der Waals surface area contributed by atoms with Gasteiger partial charge in [-0.2, -0.15) is 12.6 Å². The van der Waals surface area contributed by atoms with Gasteiger partial charge in [-0.1, -0.05) is 6.92 Å². The molecule has 0 aromatic carbocycles. The minimum Gasteiger partial charge on any atom is -0.393 e. The Kier molecular flexibility index (Phi) is 2.89. The van der Waals surface area contributed by atoms with E-state index in [4.69, 9.17) is 17.7 Å². The van der Waals surface area contributed by atoms with Gasteiger partial charge in [-0.25, -0.2) is 0 Å². The fraction of sp³-hybridized carbons (Fsp3) is 1.00. The monoisotopic (exact) mass is 172 g/mol. The van der Waals surface area contributed by atoms with E-state index in [1.807, 2.05) is 6.92 Å². The molecule has 0 saturated carbocycles. The molecule has 3 atom stereocenters. The van der Waals surface area contributed by atoms with Crippen LogP contribution in [0, 0.1) is 0 Å². The van der Waals surface area contributed by atoms with Crippen molar-refractivity contribution in [2.24, 2.45) is 0 Å². The lowest BCUT2D eigenvalue weighted by Crippen LogP contribution is -2.41. The van der Waals surface area contributed by atoms with Gasteiger partial charge in [0, 0.05) is 11.3 Å². The van der Waals surface area contributed by atoms with Crippen LogP contribution in [0.3, 0.4) is 0 Å². The summed E-state index contributed by atoms with van der Waals surface area (Å²) < 4.78 is 5.41. The van der Waals surface area contributed by atoms with Gasteiger partial charge in [0.1, 0.15) is 13.4 Å². The molecule has 1 fully saturated rings. The zero-order chi connectivity index (χ0) is 8.48. The molecule has 0 aromatic rings. The van der Waals surface area contributed by atoms with Crippen LogP contribution in [0.2, 0.25) is 0 Å². The molecule has 2 radical (unpaired) electrons. The van der Waals surface area contributed by atoms with E-state index in [1.165, 1.54) is 0 Å². The minimum absolute atomic E-state index is 0.00532. The first-order chi connectivity index (χ1) is 5.10. The second-order valence-electron chi connectivity index (χ2n) is 3.09. The molecule has 0 aliphatic carbocycles. The summed E-state index contributed by atoms with van der Waals surface area (Å²) in [6.45, 7) is 1.92. The molecule has 1 heterocycles. The summed E-state index contributed by atoms with van der Waals surface area (Å²) in [6.07, 6.45) is 1.61. The van der Waals surface area contributed by atoms with Crippen LogP contribution < -0.4 is 0 Å². The predicted octanol–water partition coefficient (Wildman–Crippen LogP) is 0.341. The van der Waals surface area contributed by atoms with Gasteiger partial charge in [-0.05, 0) is 12.8 Å². The highest BCUT2D eigenvalue weighted by molar-refractivity contribution is 7.81. The zero-order valence-corrected chi connectivity index (χ0v) is 7.55. The van der Waals surface area contributed by atoms with Crippen molar-refractivity contribution in [1.82, 2.24) is 0 Å². The van der Waals surface area contributed by atoms with Crippen LogP contribution in [-0.2, 0) is 4.74 Å². The van der Waals surface area contributed by atoms with Crippen LogP contribution in [0.15, 0.2) is 0 Å². The summed E-state index contributed by atoms with van der Waals surface area (Å²) in [7, 11) is 5.56. The van der Waals surface area contributed by atoms with Crippen LogP contribution in [0.5, 0.6) is 0 Å². The van der Waals surface area contributed by atoms with Gasteiger partial charge in [-0.3, -0.25) is 0 Å². The molecule has 0 bridgehead atoms. The molecule has 0 aromatic heterocycles. The molecule has 62 valence electrons. The smallest absolute Gasteiger partial charge is 0.109 e. The number of thiol groups is 1. The average Bonchev–Trinajstić information content (AvgIpc) is 2.33. The Balaban J connectivity index is 2.62. The third-order valence-electron chi connectivity index (χ3n) is 2.27. The lowest BCUT2D eigenvalue weighted by molar-refractivity contribution is -0.0481. The average molecular weight is 172 g/mol. The van der Waals surface area contributed by atoms with Crippen LogP contribution in [0.25, 0.3) is 0 Å². The minimum atomic E-state index is -0.497. The van der Waals surface area contributed by atoms with Gasteiger partial charge in [0.05, 0.1) is 6.61 Å². The summed E-state index contributed by atoms with van der Waals surface area (Å²) >= 11 is 4.26. The zero-order valence-electron chi connectivity index (χ0n) is 6.66. The SMILES string of the molecule is [B]C1CC[C@](CO)(C(C)S)O1. The number of hydrogen-bond acceptors (Lipinski definition) is 3. The fourth-order valence-electron chi connectivity index (χ4n) is 1.36. The maximum Gasteiger partial charge on any atom is 0.109 e. The molecular weight excluding hydrogens is 159 g/mol. The summed E-state index contributed by atoms with van der Waals surface area (Å²) in [6, 6.07) is -0.225. The van der Waals surface area contributed by atoms with E-state index >= 15 is 0 Å². The lowest BCUT2D eigenvalue weighted by Gasteiger charge is -2.30. The quantitative estimate of drug-likeness (QED) is 0.464. The normalized spacial score (nSPS) is 40.8. The molecule has 1 aliphatic heterocycles. The van der Waals surface area contributed by atoms with Gasteiger partial charge in [0.15, 0.2) is 0 Å². The topological polar surface area (TPSA) is 29.5 Å². The molecule has 1 saturated heterocycles. The van der Waals surface area contributed by atoms with Crippen molar-refractivity contribution >= 4 is 20.5 Å². The molecule has 1 rings (SSSR count). The molecule has 0 amide bonds. The van der Waals surface area contributed by atoms with E-state index in [0.717, 1.165) is 12.8 Å². The summed E-state index contributed by atoms with van der Waals surface area (Å²) in [5.41, 5.74) is -0.497. The largest absolute Gasteiger partial charge is 0.393 e. The van der Waals surface area contributed by atoms with Crippen molar-refractivity contribution in [1.29, 1.82) is 0 Å². The molecule has 0 spiro atoms. The Morgan fingerprint density at radius 2 is 2.55 bits per heavy atom.